The lowest BCUT2D eigenvalue weighted by Crippen LogP contribution is -2.32. The highest BCUT2D eigenvalue weighted by Gasteiger charge is 2.22. The molecule has 4 nitrogen and oxygen atoms in total. The van der Waals surface area contributed by atoms with Gasteiger partial charge in [0.1, 0.15) is 12.5 Å². The number of rotatable bonds is 15. The Bertz CT molecular complexity index is 444. The molecular weight excluding hydrogens is 316 g/mol. The predicted molar refractivity (Wildman–Crippen MR) is 102 cm³/mol. The topological polar surface area (TPSA) is 36.9 Å². The lowest BCUT2D eigenvalue weighted by molar-refractivity contribution is -0.136. The Hall–Kier alpha value is -1.36. The van der Waals surface area contributed by atoms with Crippen LogP contribution in [0, 0.1) is 0 Å². The fourth-order valence-corrected chi connectivity index (χ4v) is 2.71. The summed E-state index contributed by atoms with van der Waals surface area (Å²) in [7, 11) is 3.32. The van der Waals surface area contributed by atoms with Gasteiger partial charge >= 0.3 is 0 Å². The van der Waals surface area contributed by atoms with Gasteiger partial charge in [0, 0.05) is 7.11 Å². The molecule has 1 aromatic rings. The van der Waals surface area contributed by atoms with Crippen LogP contribution in [0.3, 0.4) is 0 Å². The zero-order valence-electron chi connectivity index (χ0n) is 16.0. The SMILES string of the molecule is C=CCC[C@H](OCOC)[C@@H](CCCCC)OCc1ccc(OC)cc1. The standard InChI is InChI=1S/C21H34O4/c1-5-7-9-11-20(21(10-8-6-2)25-17-22-3)24-16-18-12-14-19(23-4)15-13-18/h6,12-15,20-21H,2,5,7-11,16-17H2,1,3-4H3/t20-,21+/m1/s1. The van der Waals surface area contributed by atoms with E-state index in [4.69, 9.17) is 18.9 Å². The lowest BCUT2D eigenvalue weighted by Gasteiger charge is -2.27. The first-order valence-electron chi connectivity index (χ1n) is 9.21. The van der Waals surface area contributed by atoms with Crippen molar-refractivity contribution in [1.82, 2.24) is 0 Å². The third-order valence-corrected chi connectivity index (χ3v) is 4.19. The first-order chi connectivity index (χ1) is 12.2. The molecule has 0 aliphatic heterocycles. The zero-order chi connectivity index (χ0) is 18.3. The molecule has 0 aromatic heterocycles. The molecule has 1 aromatic carbocycles. The molecule has 0 saturated carbocycles. The largest absolute Gasteiger partial charge is 0.497 e. The Kier molecular flexibility index (Phi) is 12.0. The first-order valence-corrected chi connectivity index (χ1v) is 9.21. The van der Waals surface area contributed by atoms with Gasteiger partial charge in [-0.2, -0.15) is 0 Å². The molecule has 1 rings (SSSR count). The van der Waals surface area contributed by atoms with E-state index in [0.29, 0.717) is 6.61 Å². The molecular formula is C21H34O4. The summed E-state index contributed by atoms with van der Waals surface area (Å²) in [6, 6.07) is 8.00. The van der Waals surface area contributed by atoms with Crippen LogP contribution in [-0.2, 0) is 20.8 Å². The minimum absolute atomic E-state index is 0.0213. The third kappa shape index (κ3) is 9.05. The number of hydrogen-bond donors (Lipinski definition) is 0. The van der Waals surface area contributed by atoms with Crippen molar-refractivity contribution in [2.24, 2.45) is 0 Å². The number of unbranched alkanes of at least 4 members (excludes halogenated alkanes) is 2. The normalized spacial score (nSPS) is 13.4. The van der Waals surface area contributed by atoms with E-state index < -0.39 is 0 Å². The summed E-state index contributed by atoms with van der Waals surface area (Å²) in [6.45, 7) is 6.89. The highest BCUT2D eigenvalue weighted by molar-refractivity contribution is 5.26. The highest BCUT2D eigenvalue weighted by atomic mass is 16.7. The third-order valence-electron chi connectivity index (χ3n) is 4.19. The van der Waals surface area contributed by atoms with Gasteiger partial charge in [-0.05, 0) is 37.0 Å². The summed E-state index contributed by atoms with van der Waals surface area (Å²) in [5.41, 5.74) is 1.13. The number of ether oxygens (including phenoxy) is 4. The summed E-state index contributed by atoms with van der Waals surface area (Å²) in [5, 5.41) is 0. The molecule has 0 radical (unpaired) electrons. The fourth-order valence-electron chi connectivity index (χ4n) is 2.71. The van der Waals surface area contributed by atoms with Crippen molar-refractivity contribution in [2.45, 2.75) is 64.3 Å². The number of hydrogen-bond acceptors (Lipinski definition) is 4. The average Bonchev–Trinajstić information content (AvgIpc) is 2.65. The molecule has 0 heterocycles. The minimum Gasteiger partial charge on any atom is -0.497 e. The fraction of sp³-hybridized carbons (Fsp3) is 0.619. The van der Waals surface area contributed by atoms with Crippen LogP contribution in [0.1, 0.15) is 51.0 Å². The molecule has 0 N–H and O–H groups in total. The van der Waals surface area contributed by atoms with Crippen molar-refractivity contribution in [3.05, 3.63) is 42.5 Å². The molecule has 2 atom stereocenters. The molecule has 0 spiro atoms. The van der Waals surface area contributed by atoms with Gasteiger partial charge < -0.3 is 18.9 Å². The van der Waals surface area contributed by atoms with Crippen LogP contribution in [0.5, 0.6) is 5.75 Å². The molecule has 0 aliphatic carbocycles. The Morgan fingerprint density at radius 2 is 1.72 bits per heavy atom. The van der Waals surface area contributed by atoms with Gasteiger partial charge in [0.15, 0.2) is 0 Å². The molecule has 0 bridgehead atoms. The van der Waals surface area contributed by atoms with Crippen LogP contribution < -0.4 is 4.74 Å². The van der Waals surface area contributed by atoms with E-state index in [1.54, 1.807) is 14.2 Å². The van der Waals surface area contributed by atoms with Crippen molar-refractivity contribution < 1.29 is 18.9 Å². The Balaban J connectivity index is 2.67. The van der Waals surface area contributed by atoms with Gasteiger partial charge in [0.2, 0.25) is 0 Å². The summed E-state index contributed by atoms with van der Waals surface area (Å²) in [4.78, 5) is 0. The van der Waals surface area contributed by atoms with Crippen LogP contribution in [-0.4, -0.2) is 33.2 Å². The summed E-state index contributed by atoms with van der Waals surface area (Å²) < 4.78 is 22.4. The van der Waals surface area contributed by atoms with Gasteiger partial charge in [0.05, 0.1) is 25.9 Å². The van der Waals surface area contributed by atoms with Gasteiger partial charge in [0.25, 0.3) is 0 Å². The molecule has 0 unspecified atom stereocenters. The maximum atomic E-state index is 6.25. The van der Waals surface area contributed by atoms with Gasteiger partial charge in [-0.15, -0.1) is 6.58 Å². The van der Waals surface area contributed by atoms with Crippen LogP contribution in [0.25, 0.3) is 0 Å². The highest BCUT2D eigenvalue weighted by Crippen LogP contribution is 2.20. The quantitative estimate of drug-likeness (QED) is 0.250. The van der Waals surface area contributed by atoms with E-state index in [1.807, 2.05) is 30.3 Å². The lowest BCUT2D eigenvalue weighted by atomic mass is 10.0. The number of allylic oxidation sites excluding steroid dienone is 1. The van der Waals surface area contributed by atoms with Crippen LogP contribution in [0.2, 0.25) is 0 Å². The van der Waals surface area contributed by atoms with E-state index in [9.17, 15) is 0 Å². The van der Waals surface area contributed by atoms with E-state index >= 15 is 0 Å². The van der Waals surface area contributed by atoms with Gasteiger partial charge in [-0.25, -0.2) is 0 Å². The molecule has 4 heteroatoms. The van der Waals surface area contributed by atoms with E-state index in [-0.39, 0.29) is 19.0 Å². The minimum atomic E-state index is 0.0213. The average molecular weight is 350 g/mol. The van der Waals surface area contributed by atoms with Crippen molar-refractivity contribution in [3.8, 4) is 5.75 Å². The Morgan fingerprint density at radius 3 is 2.32 bits per heavy atom. The predicted octanol–water partition coefficient (Wildman–Crippen LogP) is 5.12. The second kappa shape index (κ2) is 13.9. The second-order valence-electron chi connectivity index (χ2n) is 6.17. The zero-order valence-corrected chi connectivity index (χ0v) is 16.0. The van der Waals surface area contributed by atoms with Crippen molar-refractivity contribution in [1.29, 1.82) is 0 Å². The van der Waals surface area contributed by atoms with Gasteiger partial charge in [-0.1, -0.05) is 44.4 Å². The molecule has 25 heavy (non-hydrogen) atoms. The van der Waals surface area contributed by atoms with Crippen LogP contribution in [0.15, 0.2) is 36.9 Å². The van der Waals surface area contributed by atoms with E-state index in [0.717, 1.165) is 37.0 Å². The second-order valence-corrected chi connectivity index (χ2v) is 6.17. The molecule has 0 saturated heterocycles. The van der Waals surface area contributed by atoms with Gasteiger partial charge in [-0.3, -0.25) is 0 Å². The Labute approximate surface area is 153 Å². The van der Waals surface area contributed by atoms with Crippen molar-refractivity contribution >= 4 is 0 Å². The molecule has 0 amide bonds. The number of methoxy groups -OCH3 is 2. The van der Waals surface area contributed by atoms with Crippen molar-refractivity contribution in [2.75, 3.05) is 21.0 Å². The summed E-state index contributed by atoms with van der Waals surface area (Å²) in [5.74, 6) is 0.857. The molecule has 0 aliphatic rings. The first kappa shape index (κ1) is 21.7. The number of benzene rings is 1. The molecule has 0 fully saturated rings. The Morgan fingerprint density at radius 1 is 1.00 bits per heavy atom. The maximum absolute atomic E-state index is 6.25. The molecule has 142 valence electrons. The maximum Gasteiger partial charge on any atom is 0.146 e. The van der Waals surface area contributed by atoms with Crippen molar-refractivity contribution in [3.63, 3.8) is 0 Å². The van der Waals surface area contributed by atoms with E-state index in [1.165, 1.54) is 12.8 Å². The monoisotopic (exact) mass is 350 g/mol. The van der Waals surface area contributed by atoms with E-state index in [2.05, 4.69) is 13.5 Å². The smallest absolute Gasteiger partial charge is 0.146 e. The van der Waals surface area contributed by atoms with Crippen LogP contribution in [0.4, 0.5) is 0 Å². The summed E-state index contributed by atoms with van der Waals surface area (Å²) >= 11 is 0. The van der Waals surface area contributed by atoms with Crippen LogP contribution >= 0.6 is 0 Å². The summed E-state index contributed by atoms with van der Waals surface area (Å²) in [6.07, 6.45) is 8.35.